The Hall–Kier alpha value is -2.50. The van der Waals surface area contributed by atoms with Crippen LogP contribution in [0.25, 0.3) is 6.08 Å². The molecule has 1 amide bonds. The van der Waals surface area contributed by atoms with Gasteiger partial charge in [-0.3, -0.25) is 0 Å². The van der Waals surface area contributed by atoms with E-state index in [-0.39, 0.29) is 6.54 Å². The van der Waals surface area contributed by atoms with E-state index in [4.69, 9.17) is 9.47 Å². The molecule has 0 aliphatic heterocycles. The lowest BCUT2D eigenvalue weighted by Crippen LogP contribution is -2.33. The number of benzene rings is 1. The molecule has 0 saturated heterocycles. The fourth-order valence-corrected chi connectivity index (χ4v) is 1.71. The molecule has 0 aliphatic carbocycles. The molecule has 0 atom stereocenters. The van der Waals surface area contributed by atoms with E-state index in [1.54, 1.807) is 45.0 Å². The van der Waals surface area contributed by atoms with Gasteiger partial charge in [0.05, 0.1) is 26.3 Å². The number of amides is 1. The van der Waals surface area contributed by atoms with Gasteiger partial charge < -0.3 is 19.5 Å². The zero-order chi connectivity index (χ0) is 17.5. The maximum Gasteiger partial charge on any atom is 0.408 e. The van der Waals surface area contributed by atoms with Crippen molar-refractivity contribution < 1.29 is 23.8 Å². The predicted molar refractivity (Wildman–Crippen MR) is 87.0 cm³/mol. The number of carbonyl (C=O) groups is 2. The van der Waals surface area contributed by atoms with Crippen LogP contribution in [-0.4, -0.2) is 38.4 Å². The van der Waals surface area contributed by atoms with Gasteiger partial charge in [0.1, 0.15) is 11.4 Å². The predicted octanol–water partition coefficient (Wildman–Crippen LogP) is 2.99. The summed E-state index contributed by atoms with van der Waals surface area (Å²) in [6.07, 6.45) is 1.20. The van der Waals surface area contributed by atoms with Crippen LogP contribution in [0.3, 0.4) is 0 Å². The van der Waals surface area contributed by atoms with Crippen LogP contribution in [0.15, 0.2) is 30.0 Å². The summed E-state index contributed by atoms with van der Waals surface area (Å²) in [7, 11) is 2.84. The quantitative estimate of drug-likeness (QED) is 0.666. The second-order valence-corrected chi connectivity index (χ2v) is 5.79. The lowest BCUT2D eigenvalue weighted by atomic mass is 10.1. The minimum atomic E-state index is -0.560. The summed E-state index contributed by atoms with van der Waals surface area (Å²) in [5, 5.41) is 2.61. The van der Waals surface area contributed by atoms with Crippen LogP contribution in [0.2, 0.25) is 0 Å². The van der Waals surface area contributed by atoms with Crippen LogP contribution in [0.4, 0.5) is 4.79 Å². The molecule has 0 saturated carbocycles. The third-order valence-corrected chi connectivity index (χ3v) is 2.70. The van der Waals surface area contributed by atoms with Crippen molar-refractivity contribution in [2.45, 2.75) is 26.4 Å². The molecular formula is C17H23NO5. The summed E-state index contributed by atoms with van der Waals surface area (Å²) in [6.45, 7) is 5.54. The first-order valence-electron chi connectivity index (χ1n) is 7.15. The van der Waals surface area contributed by atoms with Crippen molar-refractivity contribution in [1.29, 1.82) is 0 Å². The second-order valence-electron chi connectivity index (χ2n) is 5.79. The minimum Gasteiger partial charge on any atom is -0.499 e. The number of nitrogens with one attached hydrogen (secondary N) is 1. The maximum atomic E-state index is 11.6. The van der Waals surface area contributed by atoms with Gasteiger partial charge in [-0.25, -0.2) is 9.59 Å². The number of esters is 1. The summed E-state index contributed by atoms with van der Waals surface area (Å²) in [5.74, 6) is 0.115. The van der Waals surface area contributed by atoms with E-state index in [1.165, 1.54) is 14.2 Å². The largest absolute Gasteiger partial charge is 0.499 e. The standard InChI is InChI=1S/C17H23NO5/c1-17(2,3)23-16(20)18-11-14(21-4)10-12-7-6-8-13(9-12)15(19)22-5/h6-10H,11H2,1-5H3,(H,18,20)/b14-10+. The molecule has 23 heavy (non-hydrogen) atoms. The van der Waals surface area contributed by atoms with Crippen LogP contribution in [-0.2, 0) is 14.2 Å². The summed E-state index contributed by atoms with van der Waals surface area (Å²) in [5.41, 5.74) is 0.642. The van der Waals surface area contributed by atoms with Gasteiger partial charge in [0.2, 0.25) is 0 Å². The Bertz CT molecular complexity index is 587. The lowest BCUT2D eigenvalue weighted by molar-refractivity contribution is 0.0524. The highest BCUT2D eigenvalue weighted by molar-refractivity contribution is 5.90. The van der Waals surface area contributed by atoms with Crippen molar-refractivity contribution in [3.63, 3.8) is 0 Å². The van der Waals surface area contributed by atoms with E-state index in [2.05, 4.69) is 10.1 Å². The van der Waals surface area contributed by atoms with Crippen LogP contribution in [0, 0.1) is 0 Å². The second kappa shape index (κ2) is 8.22. The third-order valence-electron chi connectivity index (χ3n) is 2.70. The normalized spacial score (nSPS) is 11.6. The molecule has 0 radical (unpaired) electrons. The van der Waals surface area contributed by atoms with E-state index in [0.29, 0.717) is 11.3 Å². The van der Waals surface area contributed by atoms with Crippen molar-refractivity contribution in [3.8, 4) is 0 Å². The van der Waals surface area contributed by atoms with E-state index in [1.807, 2.05) is 6.07 Å². The molecular weight excluding hydrogens is 298 g/mol. The molecule has 6 heteroatoms. The van der Waals surface area contributed by atoms with Gasteiger partial charge in [-0.2, -0.15) is 0 Å². The lowest BCUT2D eigenvalue weighted by Gasteiger charge is -2.19. The summed E-state index contributed by atoms with van der Waals surface area (Å²) in [4.78, 5) is 23.2. The van der Waals surface area contributed by atoms with Crippen LogP contribution >= 0.6 is 0 Å². The van der Waals surface area contributed by atoms with Gasteiger partial charge >= 0.3 is 12.1 Å². The first-order valence-corrected chi connectivity index (χ1v) is 7.15. The van der Waals surface area contributed by atoms with E-state index >= 15 is 0 Å². The number of methoxy groups -OCH3 is 2. The summed E-state index contributed by atoms with van der Waals surface area (Å²) < 4.78 is 15.1. The van der Waals surface area contributed by atoms with Crippen molar-refractivity contribution in [2.75, 3.05) is 20.8 Å². The summed E-state index contributed by atoms with van der Waals surface area (Å²) >= 11 is 0. The Morgan fingerprint density at radius 2 is 1.87 bits per heavy atom. The number of rotatable bonds is 5. The van der Waals surface area contributed by atoms with Crippen molar-refractivity contribution in [2.24, 2.45) is 0 Å². The van der Waals surface area contributed by atoms with E-state index < -0.39 is 17.7 Å². The molecule has 6 nitrogen and oxygen atoms in total. The molecule has 1 aromatic carbocycles. The molecule has 1 N–H and O–H groups in total. The highest BCUT2D eigenvalue weighted by Gasteiger charge is 2.16. The van der Waals surface area contributed by atoms with Crippen molar-refractivity contribution in [3.05, 3.63) is 41.2 Å². The molecule has 126 valence electrons. The fourth-order valence-electron chi connectivity index (χ4n) is 1.71. The molecule has 0 aliphatic rings. The van der Waals surface area contributed by atoms with Gasteiger partial charge in [-0.05, 0) is 44.5 Å². The van der Waals surface area contributed by atoms with Gasteiger partial charge in [0, 0.05) is 0 Å². The van der Waals surface area contributed by atoms with Gasteiger partial charge in [-0.1, -0.05) is 12.1 Å². The highest BCUT2D eigenvalue weighted by Crippen LogP contribution is 2.12. The average molecular weight is 321 g/mol. The Balaban J connectivity index is 2.76. The number of hydrogen-bond donors (Lipinski definition) is 1. The molecule has 0 bridgehead atoms. The minimum absolute atomic E-state index is 0.174. The van der Waals surface area contributed by atoms with Crippen LogP contribution < -0.4 is 5.32 Å². The zero-order valence-electron chi connectivity index (χ0n) is 14.1. The van der Waals surface area contributed by atoms with Gasteiger partial charge in [0.25, 0.3) is 0 Å². The molecule has 0 fully saturated rings. The molecule has 1 aromatic rings. The first kappa shape index (κ1) is 18.5. The summed E-state index contributed by atoms with van der Waals surface area (Å²) in [6, 6.07) is 6.90. The van der Waals surface area contributed by atoms with Crippen molar-refractivity contribution in [1.82, 2.24) is 5.32 Å². The Labute approximate surface area is 136 Å². The Kier molecular flexibility index (Phi) is 6.63. The van der Waals surface area contributed by atoms with Gasteiger partial charge in [-0.15, -0.1) is 0 Å². The zero-order valence-corrected chi connectivity index (χ0v) is 14.1. The van der Waals surface area contributed by atoms with Crippen LogP contribution in [0.1, 0.15) is 36.7 Å². The molecule has 0 heterocycles. The Morgan fingerprint density at radius 3 is 2.43 bits per heavy atom. The fraction of sp³-hybridized carbons (Fsp3) is 0.412. The monoisotopic (exact) mass is 321 g/mol. The molecule has 0 unspecified atom stereocenters. The van der Waals surface area contributed by atoms with Gasteiger partial charge in [0.15, 0.2) is 0 Å². The smallest absolute Gasteiger partial charge is 0.408 e. The SMILES string of the molecule is COC(=O)c1cccc(/C=C(\CNC(=O)OC(C)(C)C)OC)c1. The third kappa shape index (κ3) is 6.86. The maximum absolute atomic E-state index is 11.6. The first-order chi connectivity index (χ1) is 10.7. The number of hydrogen-bond acceptors (Lipinski definition) is 5. The van der Waals surface area contributed by atoms with Crippen molar-refractivity contribution >= 4 is 18.1 Å². The molecule has 1 rings (SSSR count). The number of ether oxygens (including phenoxy) is 3. The van der Waals surface area contributed by atoms with E-state index in [9.17, 15) is 9.59 Å². The topological polar surface area (TPSA) is 73.9 Å². The van der Waals surface area contributed by atoms with Crippen LogP contribution in [0.5, 0.6) is 0 Å². The molecule has 0 aromatic heterocycles. The molecule has 0 spiro atoms. The average Bonchev–Trinajstić information content (AvgIpc) is 2.49. The van der Waals surface area contributed by atoms with E-state index in [0.717, 1.165) is 5.56 Å². The highest BCUT2D eigenvalue weighted by atomic mass is 16.6. The Morgan fingerprint density at radius 1 is 1.17 bits per heavy atom. The number of carbonyl (C=O) groups excluding carboxylic acids is 2. The number of alkyl carbamates (subject to hydrolysis) is 1.